The quantitative estimate of drug-likeness (QED) is 0.760. The molecule has 7 heteroatoms. The van der Waals surface area contributed by atoms with Crippen LogP contribution in [0.4, 0.5) is 0 Å². The van der Waals surface area contributed by atoms with E-state index in [-0.39, 0.29) is 18.8 Å². The van der Waals surface area contributed by atoms with Crippen LogP contribution in [0.3, 0.4) is 0 Å². The second kappa shape index (κ2) is 4.27. The van der Waals surface area contributed by atoms with Crippen molar-refractivity contribution in [2.75, 3.05) is 6.61 Å². The van der Waals surface area contributed by atoms with Crippen LogP contribution in [0.25, 0.3) is 0 Å². The minimum Gasteiger partial charge on any atom is -0.458 e. The first-order valence-corrected chi connectivity index (χ1v) is 6.22. The maximum atomic E-state index is 10.1. The summed E-state index contributed by atoms with van der Waals surface area (Å²) in [7, 11) is 0. The molecular formula is C12H14O7. The second-order valence-corrected chi connectivity index (χ2v) is 4.86. The molecule has 3 fully saturated rings. The lowest BCUT2D eigenvalue weighted by Gasteiger charge is -2.31. The minimum atomic E-state index is -0.874. The number of hydrogen-bond donors (Lipinski definition) is 2. The fraction of sp³-hybridized carbons (Fsp3) is 0.667. The van der Waals surface area contributed by atoms with Crippen molar-refractivity contribution in [2.24, 2.45) is 0 Å². The number of furan rings is 1. The summed E-state index contributed by atoms with van der Waals surface area (Å²) in [6.45, 7) is 0.211. The van der Waals surface area contributed by atoms with Gasteiger partial charge in [0.2, 0.25) is 6.29 Å². The molecular weight excluding hydrogens is 256 g/mol. The van der Waals surface area contributed by atoms with Gasteiger partial charge in [0.05, 0.1) is 6.61 Å². The predicted molar refractivity (Wildman–Crippen MR) is 57.7 cm³/mol. The van der Waals surface area contributed by atoms with E-state index in [1.165, 1.54) is 0 Å². The van der Waals surface area contributed by atoms with Gasteiger partial charge in [0.25, 0.3) is 0 Å². The summed E-state index contributed by atoms with van der Waals surface area (Å²) in [5.41, 5.74) is 0. The number of ether oxygens (including phenoxy) is 4. The number of aliphatic hydroxyl groups is 2. The van der Waals surface area contributed by atoms with Crippen molar-refractivity contribution >= 4 is 0 Å². The van der Waals surface area contributed by atoms with Crippen molar-refractivity contribution in [1.29, 1.82) is 0 Å². The van der Waals surface area contributed by atoms with Crippen LogP contribution < -0.4 is 0 Å². The van der Waals surface area contributed by atoms with Crippen LogP contribution in [-0.4, -0.2) is 47.5 Å². The zero-order valence-corrected chi connectivity index (χ0v) is 9.97. The highest BCUT2D eigenvalue weighted by Crippen LogP contribution is 2.41. The third-order valence-corrected chi connectivity index (χ3v) is 3.67. The largest absolute Gasteiger partial charge is 0.458 e. The van der Waals surface area contributed by atoms with Crippen LogP contribution in [0.1, 0.15) is 17.8 Å². The van der Waals surface area contributed by atoms with E-state index in [0.717, 1.165) is 0 Å². The Morgan fingerprint density at radius 3 is 2.79 bits per heavy atom. The lowest BCUT2D eigenvalue weighted by molar-refractivity contribution is -0.202. The van der Waals surface area contributed by atoms with Crippen LogP contribution >= 0.6 is 0 Å². The molecule has 19 heavy (non-hydrogen) atoms. The lowest BCUT2D eigenvalue weighted by Crippen LogP contribution is -2.52. The molecule has 3 aliphatic rings. The first kappa shape index (κ1) is 11.8. The molecule has 2 bridgehead atoms. The Labute approximate surface area is 108 Å². The molecule has 2 N–H and O–H groups in total. The lowest BCUT2D eigenvalue weighted by atomic mass is 10.0. The summed E-state index contributed by atoms with van der Waals surface area (Å²) < 4.78 is 27.6. The Bertz CT molecular complexity index is 466. The molecule has 6 atom stereocenters. The van der Waals surface area contributed by atoms with Crippen LogP contribution in [0.2, 0.25) is 0 Å². The molecule has 104 valence electrons. The maximum absolute atomic E-state index is 10.1. The van der Waals surface area contributed by atoms with Gasteiger partial charge in [0.15, 0.2) is 12.1 Å². The number of fused-ring (bicyclic) bond motifs is 4. The van der Waals surface area contributed by atoms with E-state index in [4.69, 9.17) is 28.5 Å². The average molecular weight is 270 g/mol. The topological polar surface area (TPSA) is 90.5 Å². The molecule has 4 heterocycles. The highest BCUT2D eigenvalue weighted by atomic mass is 16.8. The summed E-state index contributed by atoms with van der Waals surface area (Å²) in [5, 5.41) is 19.0. The monoisotopic (exact) mass is 270 g/mol. The van der Waals surface area contributed by atoms with Gasteiger partial charge in [0, 0.05) is 0 Å². The van der Waals surface area contributed by atoms with E-state index in [0.29, 0.717) is 18.1 Å². The van der Waals surface area contributed by atoms with E-state index in [2.05, 4.69) is 0 Å². The van der Waals surface area contributed by atoms with Crippen LogP contribution in [0.15, 0.2) is 16.5 Å². The average Bonchev–Trinajstić information content (AvgIpc) is 3.14. The molecule has 4 rings (SSSR count). The van der Waals surface area contributed by atoms with E-state index in [9.17, 15) is 5.11 Å². The highest BCUT2D eigenvalue weighted by molar-refractivity contribution is 5.10. The molecule has 3 aliphatic heterocycles. The first-order valence-electron chi connectivity index (χ1n) is 6.22. The van der Waals surface area contributed by atoms with Gasteiger partial charge < -0.3 is 33.6 Å². The van der Waals surface area contributed by atoms with Gasteiger partial charge in [-0.2, -0.15) is 0 Å². The summed E-state index contributed by atoms with van der Waals surface area (Å²) in [4.78, 5) is 0. The zero-order chi connectivity index (χ0) is 13.0. The Morgan fingerprint density at radius 1 is 1.16 bits per heavy atom. The van der Waals surface area contributed by atoms with Gasteiger partial charge in [-0.3, -0.25) is 0 Å². The molecule has 1 unspecified atom stereocenters. The Balaban J connectivity index is 1.56. The van der Waals surface area contributed by atoms with Crippen LogP contribution in [0.5, 0.6) is 0 Å². The summed E-state index contributed by atoms with van der Waals surface area (Å²) in [6.07, 6.45) is -3.29. The van der Waals surface area contributed by atoms with E-state index < -0.39 is 24.8 Å². The van der Waals surface area contributed by atoms with Gasteiger partial charge in [-0.25, -0.2) is 0 Å². The molecule has 0 aromatic carbocycles. The summed E-state index contributed by atoms with van der Waals surface area (Å²) >= 11 is 0. The third-order valence-electron chi connectivity index (χ3n) is 3.67. The molecule has 0 radical (unpaired) electrons. The molecule has 0 amide bonds. The fourth-order valence-corrected chi connectivity index (χ4v) is 2.73. The van der Waals surface area contributed by atoms with Crippen molar-refractivity contribution in [3.8, 4) is 0 Å². The molecule has 0 saturated carbocycles. The van der Waals surface area contributed by atoms with E-state index in [1.54, 1.807) is 12.1 Å². The SMILES string of the molecule is OCc1ccc(C2O[C@@H]3[C@@H](O)[C@@H]4OC[C@@H](O4)[C@@H]3O2)o1. The van der Waals surface area contributed by atoms with Gasteiger partial charge in [-0.05, 0) is 12.1 Å². The Hall–Kier alpha value is -0.960. The molecule has 3 saturated heterocycles. The maximum Gasteiger partial charge on any atom is 0.218 e. The Kier molecular flexibility index (Phi) is 2.66. The van der Waals surface area contributed by atoms with Gasteiger partial charge in [-0.15, -0.1) is 0 Å². The third kappa shape index (κ3) is 1.74. The van der Waals surface area contributed by atoms with Crippen molar-refractivity contribution in [3.63, 3.8) is 0 Å². The van der Waals surface area contributed by atoms with Crippen molar-refractivity contribution in [2.45, 2.75) is 43.6 Å². The minimum absolute atomic E-state index is 0.177. The van der Waals surface area contributed by atoms with Gasteiger partial charge in [0.1, 0.15) is 36.8 Å². The number of hydrogen-bond acceptors (Lipinski definition) is 7. The normalized spacial score (nSPS) is 44.5. The number of aliphatic hydroxyl groups excluding tert-OH is 2. The second-order valence-electron chi connectivity index (χ2n) is 4.86. The molecule has 0 spiro atoms. The standard InChI is InChI=1S/C12H14O7/c13-3-5-1-2-6(16-5)11-18-9-7-4-15-12(17-7)8(14)10(9)19-11/h1-2,7-14H,3-4H2/t7-,8-,9+,10-,11?,12-/m1/s1. The predicted octanol–water partition coefficient (Wildman–Crippen LogP) is -0.330. The van der Waals surface area contributed by atoms with Gasteiger partial charge >= 0.3 is 0 Å². The highest BCUT2D eigenvalue weighted by Gasteiger charge is 2.56. The molecule has 7 nitrogen and oxygen atoms in total. The number of rotatable bonds is 2. The van der Waals surface area contributed by atoms with E-state index in [1.807, 2.05) is 0 Å². The fourth-order valence-electron chi connectivity index (χ4n) is 2.73. The first-order chi connectivity index (χ1) is 9.26. The summed E-state index contributed by atoms with van der Waals surface area (Å²) in [6, 6.07) is 3.35. The summed E-state index contributed by atoms with van der Waals surface area (Å²) in [5.74, 6) is 0.918. The van der Waals surface area contributed by atoms with E-state index >= 15 is 0 Å². The van der Waals surface area contributed by atoms with Crippen LogP contribution in [0, 0.1) is 0 Å². The Morgan fingerprint density at radius 2 is 2.00 bits per heavy atom. The van der Waals surface area contributed by atoms with Crippen molar-refractivity contribution in [1.82, 2.24) is 0 Å². The van der Waals surface area contributed by atoms with Crippen molar-refractivity contribution in [3.05, 3.63) is 23.7 Å². The molecule has 0 aliphatic carbocycles. The van der Waals surface area contributed by atoms with Gasteiger partial charge in [-0.1, -0.05) is 0 Å². The zero-order valence-electron chi connectivity index (χ0n) is 9.97. The smallest absolute Gasteiger partial charge is 0.218 e. The molecule has 1 aromatic heterocycles. The molecule has 1 aromatic rings. The van der Waals surface area contributed by atoms with Crippen LogP contribution in [-0.2, 0) is 25.6 Å². The van der Waals surface area contributed by atoms with Crippen molar-refractivity contribution < 1.29 is 33.6 Å².